The predicted molar refractivity (Wildman–Crippen MR) is 116 cm³/mol. The first kappa shape index (κ1) is 22.9. The maximum Gasteiger partial charge on any atom is 0.276 e. The van der Waals surface area contributed by atoms with Crippen molar-refractivity contribution in [3.05, 3.63) is 47.8 Å². The Hall–Kier alpha value is -2.78. The molecule has 9 heteroatoms. The third kappa shape index (κ3) is 6.60. The van der Waals surface area contributed by atoms with Crippen LogP contribution in [0.1, 0.15) is 42.7 Å². The summed E-state index contributed by atoms with van der Waals surface area (Å²) in [5, 5.41) is 21.7. The summed E-state index contributed by atoms with van der Waals surface area (Å²) < 4.78 is 1.52. The van der Waals surface area contributed by atoms with Crippen molar-refractivity contribution < 1.29 is 14.7 Å². The molecule has 0 atom stereocenters. The molecular weight excluding hydrogens is 396 g/mol. The molecule has 0 radical (unpaired) electrons. The molecule has 2 heterocycles. The average molecular weight is 429 g/mol. The lowest BCUT2D eigenvalue weighted by Gasteiger charge is -2.38. The molecular formula is C22H32N6O3. The van der Waals surface area contributed by atoms with Gasteiger partial charge < -0.3 is 15.3 Å². The van der Waals surface area contributed by atoms with Gasteiger partial charge in [0.2, 0.25) is 5.91 Å². The van der Waals surface area contributed by atoms with Crippen LogP contribution in [-0.4, -0.2) is 80.0 Å². The van der Waals surface area contributed by atoms with Gasteiger partial charge in [-0.05, 0) is 32.3 Å². The van der Waals surface area contributed by atoms with E-state index >= 15 is 0 Å². The van der Waals surface area contributed by atoms with Crippen LogP contribution < -0.4 is 5.32 Å². The van der Waals surface area contributed by atoms with Gasteiger partial charge in [-0.3, -0.25) is 14.5 Å². The molecule has 0 spiro atoms. The van der Waals surface area contributed by atoms with Crippen LogP contribution in [-0.2, 0) is 17.9 Å². The number of rotatable bonds is 8. The van der Waals surface area contributed by atoms with Gasteiger partial charge in [-0.15, -0.1) is 5.10 Å². The molecule has 1 aromatic heterocycles. The molecule has 168 valence electrons. The van der Waals surface area contributed by atoms with Crippen LogP contribution in [0.25, 0.3) is 0 Å². The van der Waals surface area contributed by atoms with Gasteiger partial charge in [0.15, 0.2) is 5.69 Å². The zero-order valence-electron chi connectivity index (χ0n) is 18.5. The molecule has 9 nitrogen and oxygen atoms in total. The van der Waals surface area contributed by atoms with E-state index in [-0.39, 0.29) is 36.6 Å². The Morgan fingerprint density at radius 2 is 1.90 bits per heavy atom. The van der Waals surface area contributed by atoms with Gasteiger partial charge in [-0.25, -0.2) is 4.68 Å². The average Bonchev–Trinajstić information content (AvgIpc) is 3.17. The smallest absolute Gasteiger partial charge is 0.276 e. The quantitative estimate of drug-likeness (QED) is 0.648. The summed E-state index contributed by atoms with van der Waals surface area (Å²) in [4.78, 5) is 28.0. The van der Waals surface area contributed by atoms with Crippen LogP contribution in [0.3, 0.4) is 0 Å². The van der Waals surface area contributed by atoms with Crippen molar-refractivity contribution in [2.24, 2.45) is 0 Å². The first-order chi connectivity index (χ1) is 14.7. The molecule has 1 aromatic carbocycles. The fraction of sp³-hybridized carbons (Fsp3) is 0.545. The van der Waals surface area contributed by atoms with Gasteiger partial charge in [0.1, 0.15) is 0 Å². The minimum Gasteiger partial charge on any atom is -0.388 e. The van der Waals surface area contributed by atoms with Crippen molar-refractivity contribution >= 4 is 11.8 Å². The Labute approximate surface area is 183 Å². The first-order valence-electron chi connectivity index (χ1n) is 10.7. The van der Waals surface area contributed by atoms with Crippen LogP contribution in [0.15, 0.2) is 36.5 Å². The molecule has 2 aromatic rings. The van der Waals surface area contributed by atoms with E-state index in [9.17, 15) is 14.7 Å². The monoisotopic (exact) mass is 428 g/mol. The number of aromatic nitrogens is 3. The number of hydrogen-bond acceptors (Lipinski definition) is 6. The van der Waals surface area contributed by atoms with Gasteiger partial charge in [0.25, 0.3) is 5.91 Å². The van der Waals surface area contributed by atoms with E-state index in [1.165, 1.54) is 21.3 Å². The number of amides is 2. The van der Waals surface area contributed by atoms with Crippen molar-refractivity contribution in [2.75, 3.05) is 26.7 Å². The molecule has 2 amide bonds. The summed E-state index contributed by atoms with van der Waals surface area (Å²) >= 11 is 0. The number of hydrogen-bond donors (Lipinski definition) is 2. The highest BCUT2D eigenvalue weighted by atomic mass is 16.3. The second kappa shape index (κ2) is 10.0. The zero-order chi connectivity index (χ0) is 22.4. The van der Waals surface area contributed by atoms with E-state index in [2.05, 4.69) is 32.7 Å². The summed E-state index contributed by atoms with van der Waals surface area (Å²) in [6.45, 7) is 6.41. The molecule has 1 fully saturated rings. The van der Waals surface area contributed by atoms with E-state index in [4.69, 9.17) is 0 Å². The summed E-state index contributed by atoms with van der Waals surface area (Å²) in [6, 6.07) is 10.3. The number of nitrogens with zero attached hydrogens (tertiary/aromatic N) is 5. The van der Waals surface area contributed by atoms with Crippen LogP contribution in [0.2, 0.25) is 0 Å². The van der Waals surface area contributed by atoms with Crippen molar-refractivity contribution in [1.29, 1.82) is 0 Å². The maximum atomic E-state index is 12.5. The van der Waals surface area contributed by atoms with Gasteiger partial charge in [-0.2, -0.15) is 0 Å². The Kier molecular flexibility index (Phi) is 7.40. The molecule has 2 N–H and O–H groups in total. The largest absolute Gasteiger partial charge is 0.388 e. The van der Waals surface area contributed by atoms with Crippen molar-refractivity contribution in [3.63, 3.8) is 0 Å². The second-order valence-electron chi connectivity index (χ2n) is 8.67. The van der Waals surface area contributed by atoms with Gasteiger partial charge in [-0.1, -0.05) is 35.5 Å². The molecule has 1 saturated heterocycles. The van der Waals surface area contributed by atoms with E-state index in [0.29, 0.717) is 12.8 Å². The van der Waals surface area contributed by atoms with Crippen molar-refractivity contribution in [2.45, 2.75) is 51.4 Å². The number of likely N-dealkylation sites (tertiary alicyclic amines) is 1. The lowest BCUT2D eigenvalue weighted by atomic mass is 9.91. The molecule has 3 rings (SSSR count). The summed E-state index contributed by atoms with van der Waals surface area (Å²) in [5.41, 5.74) is 0.535. The first-order valence-corrected chi connectivity index (χ1v) is 10.7. The molecule has 0 unspecified atom stereocenters. The topological polar surface area (TPSA) is 104 Å². The highest BCUT2D eigenvalue weighted by molar-refractivity contribution is 5.94. The molecule has 1 aliphatic rings. The molecule has 0 aliphatic carbocycles. The third-order valence-electron chi connectivity index (χ3n) is 5.43. The van der Waals surface area contributed by atoms with E-state index in [1.807, 2.05) is 32.0 Å². The van der Waals surface area contributed by atoms with E-state index < -0.39 is 5.60 Å². The van der Waals surface area contributed by atoms with Gasteiger partial charge >= 0.3 is 0 Å². The normalized spacial score (nSPS) is 16.3. The summed E-state index contributed by atoms with van der Waals surface area (Å²) in [6.07, 6.45) is 2.78. The van der Waals surface area contributed by atoms with Gasteiger partial charge in [0.05, 0.1) is 24.9 Å². The number of aliphatic hydroxyl groups is 1. The highest BCUT2D eigenvalue weighted by Crippen LogP contribution is 2.25. The van der Waals surface area contributed by atoms with Crippen molar-refractivity contribution in [3.8, 4) is 0 Å². The zero-order valence-corrected chi connectivity index (χ0v) is 18.5. The molecule has 31 heavy (non-hydrogen) atoms. The number of carbonyl (C=O) groups excluding carboxylic acids is 2. The summed E-state index contributed by atoms with van der Waals surface area (Å²) in [7, 11) is 1.55. The van der Waals surface area contributed by atoms with Crippen LogP contribution in [0, 0.1) is 0 Å². The molecule has 1 aliphatic heterocycles. The second-order valence-corrected chi connectivity index (χ2v) is 8.67. The SMILES string of the molecule is CC(C)NC(=O)CN(C)C(=O)c1cn(CC2(O)CCN(Cc3ccccc3)CC2)nn1. The Balaban J connectivity index is 1.51. The highest BCUT2D eigenvalue weighted by Gasteiger charge is 2.33. The minimum atomic E-state index is -0.885. The molecule has 0 bridgehead atoms. The number of piperidine rings is 1. The Morgan fingerprint density at radius 3 is 2.55 bits per heavy atom. The summed E-state index contributed by atoms with van der Waals surface area (Å²) in [5.74, 6) is -0.607. The van der Waals surface area contributed by atoms with Crippen molar-refractivity contribution in [1.82, 2.24) is 30.1 Å². The maximum absolute atomic E-state index is 12.5. The van der Waals surface area contributed by atoms with E-state index in [0.717, 1.165) is 19.6 Å². The number of benzene rings is 1. The fourth-order valence-corrected chi connectivity index (χ4v) is 3.75. The number of likely N-dealkylation sites (N-methyl/N-ethyl adjacent to an activating group) is 1. The van der Waals surface area contributed by atoms with Gasteiger partial charge in [0, 0.05) is 32.7 Å². The number of nitrogens with one attached hydrogen (secondary N) is 1. The lowest BCUT2D eigenvalue weighted by molar-refractivity contribution is -0.122. The van der Waals surface area contributed by atoms with E-state index in [1.54, 1.807) is 7.05 Å². The lowest BCUT2D eigenvalue weighted by Crippen LogP contribution is -2.46. The molecule has 0 saturated carbocycles. The Bertz CT molecular complexity index is 874. The van der Waals surface area contributed by atoms with Crippen LogP contribution in [0.4, 0.5) is 0 Å². The fourth-order valence-electron chi connectivity index (χ4n) is 3.75. The van der Waals surface area contributed by atoms with Crippen LogP contribution in [0.5, 0.6) is 0 Å². The predicted octanol–water partition coefficient (Wildman–Crippen LogP) is 0.902. The minimum absolute atomic E-state index is 0.0109. The van der Waals surface area contributed by atoms with Crippen LogP contribution >= 0.6 is 0 Å². The number of carbonyl (C=O) groups is 2. The standard InChI is InChI=1S/C22H32N6O3/c1-17(2)23-20(29)15-26(3)21(30)19-14-28(25-24-19)16-22(31)9-11-27(12-10-22)13-18-7-5-4-6-8-18/h4-8,14,17,31H,9-13,15-16H2,1-3H3,(H,23,29). The third-order valence-corrected chi connectivity index (χ3v) is 5.43. The Morgan fingerprint density at radius 1 is 1.23 bits per heavy atom.